The summed E-state index contributed by atoms with van der Waals surface area (Å²) in [6.07, 6.45) is 0. The van der Waals surface area contributed by atoms with Crippen molar-refractivity contribution in [2.45, 2.75) is 0 Å². The van der Waals surface area contributed by atoms with Crippen molar-refractivity contribution in [3.8, 4) is 6.07 Å². The van der Waals surface area contributed by atoms with E-state index in [0.717, 1.165) is 27.9 Å². The second-order valence-corrected chi connectivity index (χ2v) is 2.10. The van der Waals surface area contributed by atoms with Gasteiger partial charge in [-0.2, -0.15) is 0 Å². The van der Waals surface area contributed by atoms with Gasteiger partial charge in [0.2, 0.25) is 0 Å². The standard InChI is InChI=1S/C3H2N.Na/c1-2-3-4;/h1H2;. The Morgan fingerprint density at radius 3 is 2.20 bits per heavy atom. The van der Waals surface area contributed by atoms with Gasteiger partial charge in [0.15, 0.2) is 0 Å². The normalized spacial score (nSPS) is 5.80. The predicted octanol–water partition coefficient (Wildman–Crippen LogP) is 0.192. The van der Waals surface area contributed by atoms with Crippen molar-refractivity contribution in [1.82, 2.24) is 0 Å². The van der Waals surface area contributed by atoms with Crippen molar-refractivity contribution in [2.24, 2.45) is 0 Å². The zero-order valence-electron chi connectivity index (χ0n) is 3.15. The van der Waals surface area contributed by atoms with Crippen LogP contribution in [-0.2, 0) is 0 Å². The van der Waals surface area contributed by atoms with Crippen molar-refractivity contribution in [2.75, 3.05) is 0 Å². The summed E-state index contributed by atoms with van der Waals surface area (Å²) in [5, 5.41) is 7.83. The molecule has 0 N–H and O–H groups in total. The molecule has 0 aliphatic rings. The molecule has 0 aromatic carbocycles. The maximum atomic E-state index is 7.83. The van der Waals surface area contributed by atoms with Gasteiger partial charge >= 0.3 is 48.7 Å². The van der Waals surface area contributed by atoms with Crippen LogP contribution >= 0.6 is 0 Å². The summed E-state index contributed by atoms with van der Waals surface area (Å²) < 4.78 is 0.699. The molecule has 0 saturated carbocycles. The molecule has 0 bridgehead atoms. The number of rotatable bonds is 0. The molecular weight excluding hydrogens is 73.0 g/mol. The van der Waals surface area contributed by atoms with E-state index < -0.39 is 0 Å². The minimum atomic E-state index is 0.699. The van der Waals surface area contributed by atoms with Crippen molar-refractivity contribution in [1.29, 1.82) is 5.26 Å². The second kappa shape index (κ2) is 2.47. The van der Waals surface area contributed by atoms with Gasteiger partial charge in [0, 0.05) is 0 Å². The molecule has 0 aromatic heterocycles. The van der Waals surface area contributed by atoms with Crippen LogP contribution in [-0.4, -0.2) is 27.9 Å². The van der Waals surface area contributed by atoms with Gasteiger partial charge in [0.25, 0.3) is 0 Å². The quantitative estimate of drug-likeness (QED) is 0.298. The van der Waals surface area contributed by atoms with Crippen molar-refractivity contribution >= 4 is 27.9 Å². The number of nitriles is 1. The van der Waals surface area contributed by atoms with Crippen LogP contribution in [0.5, 0.6) is 0 Å². The maximum absolute atomic E-state index is 7.83. The van der Waals surface area contributed by atoms with E-state index in [1.165, 1.54) is 0 Å². The summed E-state index contributed by atoms with van der Waals surface area (Å²) in [6.45, 7) is 3.37. The summed E-state index contributed by atoms with van der Waals surface area (Å²) in [4.78, 5) is 0. The molecule has 20 valence electrons. The summed E-state index contributed by atoms with van der Waals surface area (Å²) in [6, 6.07) is 1.90. The van der Waals surface area contributed by atoms with Gasteiger partial charge < -0.3 is 0 Å². The van der Waals surface area contributed by atoms with Crippen molar-refractivity contribution in [3.05, 3.63) is 9.40 Å². The van der Waals surface area contributed by atoms with E-state index in [9.17, 15) is 0 Å². The topological polar surface area (TPSA) is 23.8 Å². The summed E-state index contributed by atoms with van der Waals surface area (Å²) in [5.41, 5.74) is 0. The molecule has 0 aliphatic carbocycles. The molecule has 0 unspecified atom stereocenters. The van der Waals surface area contributed by atoms with E-state index in [2.05, 4.69) is 6.58 Å². The first kappa shape index (κ1) is 5.23. The Morgan fingerprint density at radius 2 is 2.20 bits per heavy atom. The molecule has 0 spiro atoms. The number of allylic oxidation sites excluding steroid dienone is 1. The van der Waals surface area contributed by atoms with E-state index in [1.807, 2.05) is 6.07 Å². The van der Waals surface area contributed by atoms with Gasteiger partial charge in [-0.15, -0.1) is 0 Å². The molecule has 2 heteroatoms. The fraction of sp³-hybridized carbons (Fsp3) is 0. The number of hydrogen-bond donors (Lipinski definition) is 0. The Bertz CT molecular complexity index is 79.4. The molecule has 0 radical (unpaired) electrons. The van der Waals surface area contributed by atoms with Crippen molar-refractivity contribution in [3.63, 3.8) is 0 Å². The minimum absolute atomic E-state index is 0.699. The average molecular weight is 75.0 g/mol. The Balaban J connectivity index is 3.35. The average Bonchev–Trinajstić information content (AvgIpc) is 1.38. The van der Waals surface area contributed by atoms with Gasteiger partial charge in [-0.3, -0.25) is 0 Å². The van der Waals surface area contributed by atoms with E-state index in [-0.39, 0.29) is 0 Å². The van der Waals surface area contributed by atoms with Gasteiger partial charge in [0.05, 0.1) is 0 Å². The summed E-state index contributed by atoms with van der Waals surface area (Å²) in [5.74, 6) is 0. The Morgan fingerprint density at radius 1 is 2.00 bits per heavy atom. The first-order valence-corrected chi connectivity index (χ1v) is 2.33. The summed E-state index contributed by atoms with van der Waals surface area (Å²) in [7, 11) is 0. The van der Waals surface area contributed by atoms with Crippen LogP contribution in [0.3, 0.4) is 0 Å². The van der Waals surface area contributed by atoms with Crippen LogP contribution < -0.4 is 0 Å². The van der Waals surface area contributed by atoms with E-state index in [1.54, 1.807) is 0 Å². The van der Waals surface area contributed by atoms with E-state index >= 15 is 0 Å². The first-order valence-electron chi connectivity index (χ1n) is 1.33. The zero-order valence-corrected chi connectivity index (χ0v) is 5.15. The summed E-state index contributed by atoms with van der Waals surface area (Å²) >= 11 is 0.814. The third-order valence-corrected chi connectivity index (χ3v) is 0.414. The second-order valence-electron chi connectivity index (χ2n) is 0.892. The Labute approximate surface area is 48.7 Å². The van der Waals surface area contributed by atoms with E-state index in [4.69, 9.17) is 5.26 Å². The third-order valence-electron chi connectivity index (χ3n) is 0.191. The molecule has 0 rings (SSSR count). The van der Waals surface area contributed by atoms with Crippen LogP contribution in [0.25, 0.3) is 0 Å². The zero-order chi connectivity index (χ0) is 4.28. The monoisotopic (exact) mass is 75.0 g/mol. The molecule has 0 atom stereocenters. The number of hydrogen-bond acceptors (Lipinski definition) is 1. The Hall–Kier alpha value is 0.230. The molecule has 0 saturated heterocycles. The Kier molecular flexibility index (Phi) is 2.58. The predicted molar refractivity (Wildman–Crippen MR) is 20.5 cm³/mol. The third kappa shape index (κ3) is 4.23. The first-order chi connectivity index (χ1) is 2.27. The van der Waals surface area contributed by atoms with Gasteiger partial charge in [0.1, 0.15) is 0 Å². The molecule has 1 nitrogen and oxygen atoms in total. The van der Waals surface area contributed by atoms with Crippen LogP contribution in [0.1, 0.15) is 0 Å². The van der Waals surface area contributed by atoms with Crippen LogP contribution in [0.4, 0.5) is 0 Å². The fourth-order valence-electron chi connectivity index (χ4n) is 0. The molecule has 0 heterocycles. The van der Waals surface area contributed by atoms with Crippen LogP contribution in [0.15, 0.2) is 9.40 Å². The SMILES string of the molecule is C=[C]([Na])C#N. The molecule has 0 fully saturated rings. The van der Waals surface area contributed by atoms with Crippen LogP contribution in [0.2, 0.25) is 0 Å². The molecule has 0 aromatic rings. The van der Waals surface area contributed by atoms with Crippen molar-refractivity contribution < 1.29 is 0 Å². The van der Waals surface area contributed by atoms with Gasteiger partial charge in [-0.25, -0.2) is 0 Å². The van der Waals surface area contributed by atoms with Gasteiger partial charge in [-0.05, 0) is 0 Å². The van der Waals surface area contributed by atoms with Gasteiger partial charge in [-0.1, -0.05) is 0 Å². The fourth-order valence-corrected chi connectivity index (χ4v) is 0. The molecule has 0 amide bonds. The van der Waals surface area contributed by atoms with Crippen LogP contribution in [0, 0.1) is 11.3 Å². The molecular formula is C3H2NNa. The molecule has 0 aliphatic heterocycles. The molecule has 5 heavy (non-hydrogen) atoms. The van der Waals surface area contributed by atoms with E-state index in [0.29, 0.717) is 2.82 Å². The number of nitrogens with zero attached hydrogens (tertiary/aromatic N) is 1.